The van der Waals surface area contributed by atoms with Crippen LogP contribution in [0, 0.1) is 36.0 Å². The van der Waals surface area contributed by atoms with Gasteiger partial charge >= 0.3 is 6.18 Å². The van der Waals surface area contributed by atoms with Gasteiger partial charge in [-0.05, 0) is 55.4 Å². The number of aryl methyl sites for hydroxylation is 1. The third-order valence-electron chi connectivity index (χ3n) is 7.46. The Morgan fingerprint density at radius 3 is 2.44 bits per heavy atom. The first-order valence-electron chi connectivity index (χ1n) is 12.1. The zero-order valence-electron chi connectivity index (χ0n) is 20.1. The molecule has 2 saturated heterocycles. The quantitative estimate of drug-likeness (QED) is 0.677. The van der Waals surface area contributed by atoms with Crippen molar-refractivity contribution < 1.29 is 22.8 Å². The molecule has 0 saturated carbocycles. The van der Waals surface area contributed by atoms with Crippen molar-refractivity contribution in [3.8, 4) is 6.07 Å². The van der Waals surface area contributed by atoms with Crippen LogP contribution in [-0.4, -0.2) is 42.9 Å². The average Bonchev–Trinajstić information content (AvgIpc) is 3.29. The fourth-order valence-electron chi connectivity index (χ4n) is 5.57. The molecule has 2 atom stereocenters. The first-order chi connectivity index (χ1) is 17.1. The summed E-state index contributed by atoms with van der Waals surface area (Å²) < 4.78 is 40.1. The Labute approximate surface area is 208 Å². The molecular weight excluding hydrogens is 469 g/mol. The summed E-state index contributed by atoms with van der Waals surface area (Å²) in [6.45, 7) is 3.77. The van der Waals surface area contributed by atoms with E-state index in [1.807, 2.05) is 36.1 Å². The molecule has 2 aromatic rings. The fraction of sp³-hybridized carbons (Fsp3) is 0.444. The highest BCUT2D eigenvalue weighted by molar-refractivity contribution is 5.82. The lowest BCUT2D eigenvalue weighted by Crippen LogP contribution is -2.40. The van der Waals surface area contributed by atoms with Gasteiger partial charge in [-0.3, -0.25) is 9.59 Å². The van der Waals surface area contributed by atoms with Gasteiger partial charge in [0, 0.05) is 31.9 Å². The first-order valence-corrected chi connectivity index (χ1v) is 12.1. The molecule has 0 bridgehead atoms. The van der Waals surface area contributed by atoms with Crippen molar-refractivity contribution in [3.63, 3.8) is 0 Å². The number of amides is 2. The second kappa shape index (κ2) is 10.2. The molecule has 2 aliphatic heterocycles. The number of rotatable bonds is 5. The number of benzene rings is 2. The number of carbonyl (C=O) groups excluding carboxylic acids is 2. The summed E-state index contributed by atoms with van der Waals surface area (Å²) in [5, 5.41) is 9.03. The van der Waals surface area contributed by atoms with Gasteiger partial charge in [0.15, 0.2) is 0 Å². The molecule has 0 unspecified atom stereocenters. The molecule has 2 amide bonds. The molecular formula is C27H29F3N4O2. The molecule has 0 radical (unpaired) electrons. The maximum atomic E-state index is 13.4. The van der Waals surface area contributed by atoms with Crippen LogP contribution in [0.4, 0.5) is 18.9 Å². The lowest BCUT2D eigenvalue weighted by molar-refractivity contribution is -0.137. The highest BCUT2D eigenvalue weighted by atomic mass is 19.4. The highest BCUT2D eigenvalue weighted by Gasteiger charge is 2.43. The van der Waals surface area contributed by atoms with E-state index in [0.29, 0.717) is 44.7 Å². The normalized spacial score (nSPS) is 20.9. The molecule has 9 heteroatoms. The molecule has 0 aliphatic carbocycles. The predicted molar refractivity (Wildman–Crippen MR) is 129 cm³/mol. The summed E-state index contributed by atoms with van der Waals surface area (Å²) >= 11 is 0. The molecule has 2 N–H and O–H groups in total. The number of hydrogen-bond acceptors (Lipinski definition) is 4. The van der Waals surface area contributed by atoms with Crippen molar-refractivity contribution >= 4 is 17.5 Å². The Kier molecular flexibility index (Phi) is 7.25. The van der Waals surface area contributed by atoms with Crippen molar-refractivity contribution in [2.24, 2.45) is 23.5 Å². The van der Waals surface area contributed by atoms with Crippen molar-refractivity contribution in [2.45, 2.75) is 32.4 Å². The Bertz CT molecular complexity index is 1180. The summed E-state index contributed by atoms with van der Waals surface area (Å²) in [4.78, 5) is 28.8. The molecule has 190 valence electrons. The molecule has 2 fully saturated rings. The predicted octanol–water partition coefficient (Wildman–Crippen LogP) is 3.90. The van der Waals surface area contributed by atoms with Gasteiger partial charge in [-0.25, -0.2) is 0 Å². The molecule has 6 nitrogen and oxygen atoms in total. The minimum absolute atomic E-state index is 0.0379. The summed E-state index contributed by atoms with van der Waals surface area (Å²) in [5.41, 5.74) is 6.81. The van der Waals surface area contributed by atoms with Crippen LogP contribution in [0.1, 0.15) is 35.1 Å². The van der Waals surface area contributed by atoms with Crippen LogP contribution in [0.15, 0.2) is 42.5 Å². The van der Waals surface area contributed by atoms with Crippen LogP contribution in [0.2, 0.25) is 0 Å². The van der Waals surface area contributed by atoms with E-state index < -0.39 is 29.1 Å². The number of alkyl halides is 3. The van der Waals surface area contributed by atoms with Crippen molar-refractivity contribution in [1.29, 1.82) is 5.26 Å². The van der Waals surface area contributed by atoms with Gasteiger partial charge in [0.25, 0.3) is 0 Å². The first kappa shape index (κ1) is 25.5. The Morgan fingerprint density at radius 1 is 1.11 bits per heavy atom. The second-order valence-corrected chi connectivity index (χ2v) is 9.80. The zero-order valence-corrected chi connectivity index (χ0v) is 20.1. The monoisotopic (exact) mass is 498 g/mol. The van der Waals surface area contributed by atoms with E-state index in [9.17, 15) is 22.8 Å². The van der Waals surface area contributed by atoms with E-state index in [4.69, 9.17) is 11.0 Å². The van der Waals surface area contributed by atoms with E-state index in [1.54, 1.807) is 17.0 Å². The maximum Gasteiger partial charge on any atom is 0.417 e. The maximum absolute atomic E-state index is 13.4. The van der Waals surface area contributed by atoms with Gasteiger partial charge in [-0.1, -0.05) is 29.8 Å². The van der Waals surface area contributed by atoms with Crippen LogP contribution in [0.25, 0.3) is 0 Å². The van der Waals surface area contributed by atoms with E-state index in [2.05, 4.69) is 0 Å². The van der Waals surface area contributed by atoms with Crippen LogP contribution in [0.3, 0.4) is 0 Å². The van der Waals surface area contributed by atoms with Gasteiger partial charge in [0.1, 0.15) is 0 Å². The third-order valence-corrected chi connectivity index (χ3v) is 7.46. The number of halogens is 3. The molecule has 2 aliphatic rings. The molecule has 2 heterocycles. The van der Waals surface area contributed by atoms with Gasteiger partial charge in [-0.2, -0.15) is 18.4 Å². The van der Waals surface area contributed by atoms with E-state index in [-0.39, 0.29) is 24.2 Å². The van der Waals surface area contributed by atoms with Gasteiger partial charge in [0.05, 0.1) is 29.5 Å². The fourth-order valence-corrected chi connectivity index (χ4v) is 5.57. The van der Waals surface area contributed by atoms with Crippen LogP contribution < -0.4 is 10.6 Å². The summed E-state index contributed by atoms with van der Waals surface area (Å²) in [6.07, 6.45) is -2.99. The van der Waals surface area contributed by atoms with Crippen molar-refractivity contribution in [2.75, 3.05) is 31.1 Å². The molecule has 0 aromatic heterocycles. The number of nitrogens with zero attached hydrogens (tertiary/aromatic N) is 3. The largest absolute Gasteiger partial charge is 0.417 e. The Hall–Kier alpha value is -3.54. The standard InChI is InChI=1S/C27H29F3N4O2/c1-17-3-2-4-18(11-17)12-25(35)34-15-22(23(16-34)26(32)36)19-7-9-33(10-8-19)21-6-5-20(14-31)24(13-21)27(28,29)30/h2-6,11,13,19,22-23H,7-10,12,15-16H2,1H3,(H2,32,36)/t22-,23+/m0/s1. The number of carbonyl (C=O) groups is 2. The number of nitriles is 1. The van der Waals surface area contributed by atoms with Gasteiger partial charge < -0.3 is 15.5 Å². The van der Waals surface area contributed by atoms with Gasteiger partial charge in [-0.15, -0.1) is 0 Å². The average molecular weight is 499 g/mol. The number of nitrogens with two attached hydrogens (primary N) is 1. The summed E-state index contributed by atoms with van der Waals surface area (Å²) in [7, 11) is 0. The van der Waals surface area contributed by atoms with Crippen LogP contribution in [-0.2, 0) is 22.2 Å². The topological polar surface area (TPSA) is 90.4 Å². The summed E-state index contributed by atoms with van der Waals surface area (Å²) in [6, 6.07) is 13.2. The highest BCUT2D eigenvalue weighted by Crippen LogP contribution is 2.39. The van der Waals surface area contributed by atoms with Crippen molar-refractivity contribution in [1.82, 2.24) is 4.90 Å². The number of hydrogen-bond donors (Lipinski definition) is 1. The lowest BCUT2D eigenvalue weighted by atomic mass is 9.78. The number of primary amides is 1. The SMILES string of the molecule is Cc1cccc(CC(=O)N2C[C@@H](C(N)=O)[C@H](C3CCN(c4ccc(C#N)c(C(F)(F)F)c4)CC3)C2)c1. The number of piperidine rings is 1. The Balaban J connectivity index is 1.42. The molecule has 2 aromatic carbocycles. The van der Waals surface area contributed by atoms with E-state index >= 15 is 0 Å². The van der Waals surface area contributed by atoms with Crippen molar-refractivity contribution in [3.05, 3.63) is 64.7 Å². The second-order valence-electron chi connectivity index (χ2n) is 9.80. The van der Waals surface area contributed by atoms with Crippen LogP contribution in [0.5, 0.6) is 0 Å². The minimum atomic E-state index is -4.60. The molecule has 4 rings (SSSR count). The minimum Gasteiger partial charge on any atom is -0.372 e. The molecule has 0 spiro atoms. The lowest BCUT2D eigenvalue weighted by Gasteiger charge is -2.37. The molecule has 36 heavy (non-hydrogen) atoms. The number of likely N-dealkylation sites (tertiary alicyclic amines) is 1. The van der Waals surface area contributed by atoms with E-state index in [1.165, 1.54) is 6.07 Å². The Morgan fingerprint density at radius 2 is 1.83 bits per heavy atom. The third kappa shape index (κ3) is 5.48. The summed E-state index contributed by atoms with van der Waals surface area (Å²) in [5.74, 6) is -0.831. The van der Waals surface area contributed by atoms with Crippen LogP contribution >= 0.6 is 0 Å². The van der Waals surface area contributed by atoms with Gasteiger partial charge in [0.2, 0.25) is 11.8 Å². The number of anilines is 1. The van der Waals surface area contributed by atoms with E-state index in [0.717, 1.165) is 17.2 Å². The smallest absolute Gasteiger partial charge is 0.372 e. The zero-order chi connectivity index (χ0) is 26.0.